The topological polar surface area (TPSA) is 72.6 Å². The number of hydrogen-bond donors (Lipinski definition) is 1. The highest BCUT2D eigenvalue weighted by atomic mass is 16.5. The van der Waals surface area contributed by atoms with E-state index in [-0.39, 0.29) is 11.8 Å². The standard InChI is InChI=1S/C14H15NO4/c1-18-10-6-3-7-11-12(10)15-13(19-11)8-4-2-5-9(8)14(16)17/h3,6-9H,2,4-5H2,1H3,(H,16,17). The van der Waals surface area contributed by atoms with Crippen molar-refractivity contribution in [1.29, 1.82) is 0 Å². The number of rotatable bonds is 3. The van der Waals surface area contributed by atoms with E-state index in [1.54, 1.807) is 7.11 Å². The second-order valence-electron chi connectivity index (χ2n) is 4.84. The molecular weight excluding hydrogens is 246 g/mol. The van der Waals surface area contributed by atoms with E-state index >= 15 is 0 Å². The van der Waals surface area contributed by atoms with Crippen LogP contribution in [0.5, 0.6) is 5.75 Å². The van der Waals surface area contributed by atoms with Crippen LogP contribution in [0.1, 0.15) is 31.1 Å². The summed E-state index contributed by atoms with van der Waals surface area (Å²) >= 11 is 0. The number of fused-ring (bicyclic) bond motifs is 1. The molecule has 1 aromatic carbocycles. The lowest BCUT2D eigenvalue weighted by Crippen LogP contribution is -2.16. The van der Waals surface area contributed by atoms with Crippen LogP contribution in [0.4, 0.5) is 0 Å². The Morgan fingerprint density at radius 1 is 1.47 bits per heavy atom. The molecule has 5 nitrogen and oxygen atoms in total. The van der Waals surface area contributed by atoms with E-state index in [0.29, 0.717) is 29.2 Å². The highest BCUT2D eigenvalue weighted by Crippen LogP contribution is 2.41. The molecule has 19 heavy (non-hydrogen) atoms. The molecule has 1 saturated carbocycles. The Morgan fingerprint density at radius 2 is 2.32 bits per heavy atom. The molecule has 2 unspecified atom stereocenters. The van der Waals surface area contributed by atoms with Crippen molar-refractivity contribution < 1.29 is 19.1 Å². The van der Waals surface area contributed by atoms with Crippen LogP contribution >= 0.6 is 0 Å². The molecule has 2 aromatic rings. The summed E-state index contributed by atoms with van der Waals surface area (Å²) in [6.07, 6.45) is 2.40. The van der Waals surface area contributed by atoms with Gasteiger partial charge in [-0.05, 0) is 25.0 Å². The van der Waals surface area contributed by atoms with Gasteiger partial charge in [-0.1, -0.05) is 12.5 Å². The first-order chi connectivity index (χ1) is 9.20. The van der Waals surface area contributed by atoms with Gasteiger partial charge >= 0.3 is 5.97 Å². The first-order valence-electron chi connectivity index (χ1n) is 6.37. The Labute approximate surface area is 110 Å². The number of benzene rings is 1. The zero-order valence-corrected chi connectivity index (χ0v) is 10.6. The zero-order chi connectivity index (χ0) is 13.4. The van der Waals surface area contributed by atoms with Crippen molar-refractivity contribution in [2.24, 2.45) is 5.92 Å². The molecular formula is C14H15NO4. The van der Waals surface area contributed by atoms with Gasteiger partial charge in [0.15, 0.2) is 17.0 Å². The molecule has 1 N–H and O–H groups in total. The van der Waals surface area contributed by atoms with Crippen LogP contribution in [0, 0.1) is 5.92 Å². The van der Waals surface area contributed by atoms with Crippen molar-refractivity contribution in [3.05, 3.63) is 24.1 Å². The Hall–Kier alpha value is -2.04. The van der Waals surface area contributed by atoms with E-state index in [9.17, 15) is 9.90 Å². The van der Waals surface area contributed by atoms with Crippen LogP contribution in [-0.2, 0) is 4.79 Å². The van der Waals surface area contributed by atoms with Crippen molar-refractivity contribution in [2.75, 3.05) is 7.11 Å². The molecule has 5 heteroatoms. The summed E-state index contributed by atoms with van der Waals surface area (Å²) in [5.74, 6) is -0.118. The summed E-state index contributed by atoms with van der Waals surface area (Å²) in [4.78, 5) is 15.7. The van der Waals surface area contributed by atoms with Crippen LogP contribution in [-0.4, -0.2) is 23.2 Å². The Morgan fingerprint density at radius 3 is 3.05 bits per heavy atom. The number of methoxy groups -OCH3 is 1. The fourth-order valence-electron chi connectivity index (χ4n) is 2.81. The van der Waals surface area contributed by atoms with E-state index < -0.39 is 5.97 Å². The number of oxazole rings is 1. The molecule has 100 valence electrons. The molecule has 1 heterocycles. The summed E-state index contributed by atoms with van der Waals surface area (Å²) in [6.45, 7) is 0. The van der Waals surface area contributed by atoms with Gasteiger partial charge in [0.25, 0.3) is 0 Å². The van der Waals surface area contributed by atoms with Gasteiger partial charge in [-0.3, -0.25) is 4.79 Å². The van der Waals surface area contributed by atoms with Crippen LogP contribution < -0.4 is 4.74 Å². The number of para-hydroxylation sites is 1. The molecule has 1 aromatic heterocycles. The van der Waals surface area contributed by atoms with E-state index in [1.165, 1.54) is 0 Å². The zero-order valence-electron chi connectivity index (χ0n) is 10.6. The van der Waals surface area contributed by atoms with Crippen molar-refractivity contribution in [3.63, 3.8) is 0 Å². The summed E-state index contributed by atoms with van der Waals surface area (Å²) in [5, 5.41) is 9.23. The fraction of sp³-hybridized carbons (Fsp3) is 0.429. The largest absolute Gasteiger partial charge is 0.494 e. The lowest BCUT2D eigenvalue weighted by Gasteiger charge is -2.10. The smallest absolute Gasteiger partial charge is 0.307 e. The van der Waals surface area contributed by atoms with E-state index in [1.807, 2.05) is 18.2 Å². The predicted molar refractivity (Wildman–Crippen MR) is 68.3 cm³/mol. The molecule has 1 aliphatic rings. The van der Waals surface area contributed by atoms with Crippen LogP contribution in [0.2, 0.25) is 0 Å². The Bertz CT molecular complexity index is 619. The van der Waals surface area contributed by atoms with E-state index in [2.05, 4.69) is 4.98 Å². The maximum Gasteiger partial charge on any atom is 0.307 e. The number of carboxylic acids is 1. The molecule has 1 aliphatic carbocycles. The van der Waals surface area contributed by atoms with Crippen molar-refractivity contribution in [2.45, 2.75) is 25.2 Å². The van der Waals surface area contributed by atoms with Gasteiger partial charge in [0, 0.05) is 5.92 Å². The number of carbonyl (C=O) groups is 1. The Balaban J connectivity index is 2.04. The lowest BCUT2D eigenvalue weighted by atomic mass is 9.96. The van der Waals surface area contributed by atoms with E-state index in [4.69, 9.17) is 9.15 Å². The molecule has 0 bridgehead atoms. The van der Waals surface area contributed by atoms with Gasteiger partial charge < -0.3 is 14.3 Å². The number of ether oxygens (including phenoxy) is 1. The monoisotopic (exact) mass is 261 g/mol. The van der Waals surface area contributed by atoms with Gasteiger partial charge in [-0.2, -0.15) is 0 Å². The number of carboxylic acid groups (broad SMARTS) is 1. The summed E-state index contributed by atoms with van der Waals surface area (Å²) in [7, 11) is 1.58. The summed E-state index contributed by atoms with van der Waals surface area (Å²) < 4.78 is 11.0. The minimum Gasteiger partial charge on any atom is -0.494 e. The number of aliphatic carboxylic acids is 1. The fourth-order valence-corrected chi connectivity index (χ4v) is 2.81. The maximum absolute atomic E-state index is 11.2. The molecule has 0 spiro atoms. The second kappa shape index (κ2) is 4.57. The molecule has 2 atom stereocenters. The first-order valence-corrected chi connectivity index (χ1v) is 6.37. The van der Waals surface area contributed by atoms with Gasteiger partial charge in [0.1, 0.15) is 5.75 Å². The van der Waals surface area contributed by atoms with Crippen molar-refractivity contribution in [3.8, 4) is 5.75 Å². The SMILES string of the molecule is COc1cccc2oc(C3CCCC3C(=O)O)nc12. The van der Waals surface area contributed by atoms with Gasteiger partial charge in [-0.25, -0.2) is 4.98 Å². The minimum absolute atomic E-state index is 0.130. The molecule has 3 rings (SSSR count). The minimum atomic E-state index is -0.767. The first kappa shape index (κ1) is 12.0. The van der Waals surface area contributed by atoms with Gasteiger partial charge in [0.05, 0.1) is 13.0 Å². The van der Waals surface area contributed by atoms with Gasteiger partial charge in [0.2, 0.25) is 0 Å². The highest BCUT2D eigenvalue weighted by Gasteiger charge is 2.37. The van der Waals surface area contributed by atoms with Crippen molar-refractivity contribution in [1.82, 2.24) is 4.98 Å². The maximum atomic E-state index is 11.2. The highest BCUT2D eigenvalue weighted by molar-refractivity contribution is 5.80. The molecule has 1 fully saturated rings. The average molecular weight is 261 g/mol. The quantitative estimate of drug-likeness (QED) is 0.919. The molecule has 0 amide bonds. The average Bonchev–Trinajstić information content (AvgIpc) is 3.03. The van der Waals surface area contributed by atoms with E-state index in [0.717, 1.165) is 12.8 Å². The third-order valence-electron chi connectivity index (χ3n) is 3.77. The van der Waals surface area contributed by atoms with Crippen molar-refractivity contribution >= 4 is 17.1 Å². The lowest BCUT2D eigenvalue weighted by molar-refractivity contribution is -0.142. The third-order valence-corrected chi connectivity index (χ3v) is 3.77. The van der Waals surface area contributed by atoms with Gasteiger partial charge in [-0.15, -0.1) is 0 Å². The molecule has 0 saturated heterocycles. The number of nitrogens with zero attached hydrogens (tertiary/aromatic N) is 1. The van der Waals surface area contributed by atoms with Crippen LogP contribution in [0.15, 0.2) is 22.6 Å². The normalized spacial score (nSPS) is 22.8. The number of hydrogen-bond acceptors (Lipinski definition) is 4. The summed E-state index contributed by atoms with van der Waals surface area (Å²) in [5.41, 5.74) is 1.31. The third kappa shape index (κ3) is 1.95. The second-order valence-corrected chi connectivity index (χ2v) is 4.84. The summed E-state index contributed by atoms with van der Waals surface area (Å²) in [6, 6.07) is 5.47. The molecule has 0 aliphatic heterocycles. The Kier molecular flexibility index (Phi) is 2.89. The predicted octanol–water partition coefficient (Wildman–Crippen LogP) is 2.80. The van der Waals surface area contributed by atoms with Crippen LogP contribution in [0.25, 0.3) is 11.1 Å². The number of aromatic nitrogens is 1. The van der Waals surface area contributed by atoms with Crippen LogP contribution in [0.3, 0.4) is 0 Å². The molecule has 0 radical (unpaired) electrons.